The summed E-state index contributed by atoms with van der Waals surface area (Å²) in [5.74, 6) is 0.304. The molecule has 1 atom stereocenters. The average molecular weight is 306 g/mol. The van der Waals surface area contributed by atoms with Crippen LogP contribution in [0.5, 0.6) is 5.75 Å². The quantitative estimate of drug-likeness (QED) is 0.812. The molecule has 1 unspecified atom stereocenters. The van der Waals surface area contributed by atoms with Gasteiger partial charge in [-0.25, -0.2) is 4.57 Å². The van der Waals surface area contributed by atoms with Crippen molar-refractivity contribution >= 4 is 7.82 Å². The summed E-state index contributed by atoms with van der Waals surface area (Å²) >= 11 is 0. The van der Waals surface area contributed by atoms with Crippen LogP contribution in [0, 0.1) is 0 Å². The van der Waals surface area contributed by atoms with E-state index in [4.69, 9.17) is 9.05 Å². The molecule has 5 heteroatoms. The number of rotatable bonds is 6. The van der Waals surface area contributed by atoms with E-state index in [0.29, 0.717) is 12.2 Å². The molecule has 0 saturated heterocycles. The zero-order valence-corrected chi connectivity index (χ0v) is 13.0. The Morgan fingerprint density at radius 3 is 2.10 bits per heavy atom. The number of phosphoric acid groups is 1. The van der Waals surface area contributed by atoms with Crippen LogP contribution in [0.25, 0.3) is 0 Å². The first kappa shape index (κ1) is 15.8. The van der Waals surface area contributed by atoms with Crippen molar-refractivity contribution in [3.05, 3.63) is 66.2 Å². The van der Waals surface area contributed by atoms with E-state index in [1.807, 2.05) is 30.3 Å². The van der Waals surface area contributed by atoms with Crippen LogP contribution in [0.3, 0.4) is 0 Å². The van der Waals surface area contributed by atoms with Crippen molar-refractivity contribution in [2.75, 3.05) is 0 Å². The van der Waals surface area contributed by atoms with E-state index in [-0.39, 0.29) is 0 Å². The molecule has 112 valence electrons. The topological polar surface area (TPSA) is 55.8 Å². The fourth-order valence-corrected chi connectivity index (χ4v) is 3.18. The van der Waals surface area contributed by atoms with Crippen LogP contribution < -0.4 is 4.52 Å². The largest absolute Gasteiger partial charge is 0.527 e. The average Bonchev–Trinajstić information content (AvgIpc) is 2.38. The van der Waals surface area contributed by atoms with E-state index in [1.165, 1.54) is 0 Å². The van der Waals surface area contributed by atoms with Crippen LogP contribution >= 0.6 is 7.82 Å². The summed E-state index contributed by atoms with van der Waals surface area (Å²) < 4.78 is 22.5. The Balaban J connectivity index is 2.03. The molecule has 2 aromatic carbocycles. The summed E-state index contributed by atoms with van der Waals surface area (Å²) in [6.45, 7) is 3.52. The van der Waals surface area contributed by atoms with Gasteiger partial charge in [-0.3, -0.25) is 9.42 Å². The Kier molecular flexibility index (Phi) is 4.84. The van der Waals surface area contributed by atoms with Gasteiger partial charge in [-0.05, 0) is 31.5 Å². The minimum atomic E-state index is -4.17. The highest BCUT2D eigenvalue weighted by Gasteiger charge is 2.33. The number of para-hydroxylation sites is 1. The van der Waals surface area contributed by atoms with Crippen LogP contribution in [0.2, 0.25) is 0 Å². The van der Waals surface area contributed by atoms with E-state index in [2.05, 4.69) is 0 Å². The molecule has 0 amide bonds. The summed E-state index contributed by atoms with van der Waals surface area (Å²) in [6, 6.07) is 18.1. The standard InChI is InChI=1S/C16H19O4P/c1-16(2,13-14-9-5-3-6-10-14)20-21(17,18)19-15-11-7-4-8-12-15/h3-12H,13H2,1-2H3,(H,17,18). The maximum Gasteiger partial charge on any atom is 0.527 e. The molecule has 0 aliphatic rings. The highest BCUT2D eigenvalue weighted by Crippen LogP contribution is 2.48. The molecular formula is C16H19O4P. The number of phosphoric ester groups is 1. The maximum absolute atomic E-state index is 12.1. The van der Waals surface area contributed by atoms with Gasteiger partial charge in [0.25, 0.3) is 0 Å². The number of hydrogen-bond acceptors (Lipinski definition) is 3. The zero-order chi connectivity index (χ0) is 15.3. The highest BCUT2D eigenvalue weighted by molar-refractivity contribution is 7.47. The van der Waals surface area contributed by atoms with Crippen molar-refractivity contribution < 1.29 is 18.5 Å². The molecule has 21 heavy (non-hydrogen) atoms. The van der Waals surface area contributed by atoms with E-state index in [0.717, 1.165) is 5.56 Å². The molecule has 1 N–H and O–H groups in total. The minimum Gasteiger partial charge on any atom is -0.404 e. The summed E-state index contributed by atoms with van der Waals surface area (Å²) in [6.07, 6.45) is 0.510. The van der Waals surface area contributed by atoms with Gasteiger partial charge >= 0.3 is 7.82 Å². The predicted octanol–water partition coefficient (Wildman–Crippen LogP) is 4.20. The third-order valence-electron chi connectivity index (χ3n) is 2.80. The molecule has 4 nitrogen and oxygen atoms in total. The summed E-state index contributed by atoms with van der Waals surface area (Å²) in [7, 11) is -4.17. The van der Waals surface area contributed by atoms with Gasteiger partial charge in [0, 0.05) is 6.42 Å². The molecule has 0 fully saturated rings. The van der Waals surface area contributed by atoms with Crippen molar-refractivity contribution in [1.82, 2.24) is 0 Å². The molecule has 0 heterocycles. The van der Waals surface area contributed by atoms with Gasteiger partial charge in [0.15, 0.2) is 0 Å². The summed E-state index contributed by atoms with van der Waals surface area (Å²) in [5.41, 5.74) is 0.211. The van der Waals surface area contributed by atoms with E-state index >= 15 is 0 Å². The second-order valence-electron chi connectivity index (χ2n) is 5.39. The van der Waals surface area contributed by atoms with Crippen LogP contribution in [-0.4, -0.2) is 10.5 Å². The first-order chi connectivity index (χ1) is 9.86. The van der Waals surface area contributed by atoms with Gasteiger partial charge in [0.2, 0.25) is 0 Å². The van der Waals surface area contributed by atoms with Gasteiger partial charge in [-0.1, -0.05) is 48.5 Å². The Bertz CT molecular complexity index is 611. The lowest BCUT2D eigenvalue weighted by Crippen LogP contribution is -2.27. The van der Waals surface area contributed by atoms with Crippen molar-refractivity contribution in [3.8, 4) is 5.75 Å². The van der Waals surface area contributed by atoms with E-state index in [9.17, 15) is 9.46 Å². The summed E-state index contributed by atoms with van der Waals surface area (Å²) in [4.78, 5) is 9.89. The number of hydrogen-bond donors (Lipinski definition) is 1. The summed E-state index contributed by atoms with van der Waals surface area (Å²) in [5, 5.41) is 0. The first-order valence-corrected chi connectivity index (χ1v) is 8.18. The van der Waals surface area contributed by atoms with E-state index in [1.54, 1.807) is 44.2 Å². The lowest BCUT2D eigenvalue weighted by molar-refractivity contribution is 0.0689. The zero-order valence-electron chi connectivity index (χ0n) is 12.1. The SMILES string of the molecule is CC(C)(Cc1ccccc1)OP(=O)(O)Oc1ccccc1. The van der Waals surface area contributed by atoms with Gasteiger partial charge in [-0.15, -0.1) is 0 Å². The van der Waals surface area contributed by atoms with Gasteiger partial charge < -0.3 is 4.52 Å². The normalized spacial score (nSPS) is 14.4. The Hall–Kier alpha value is -1.61. The van der Waals surface area contributed by atoms with Gasteiger partial charge in [0.1, 0.15) is 5.75 Å². The monoisotopic (exact) mass is 306 g/mol. The molecule has 0 spiro atoms. The molecule has 0 aliphatic carbocycles. The van der Waals surface area contributed by atoms with Gasteiger partial charge in [0.05, 0.1) is 5.60 Å². The van der Waals surface area contributed by atoms with Crippen molar-refractivity contribution in [1.29, 1.82) is 0 Å². The molecule has 0 aromatic heterocycles. The molecule has 0 radical (unpaired) electrons. The van der Waals surface area contributed by atoms with Crippen molar-refractivity contribution in [2.24, 2.45) is 0 Å². The second kappa shape index (κ2) is 6.44. The first-order valence-electron chi connectivity index (χ1n) is 6.68. The lowest BCUT2D eigenvalue weighted by Gasteiger charge is -2.27. The maximum atomic E-state index is 12.1. The van der Waals surface area contributed by atoms with Crippen molar-refractivity contribution in [2.45, 2.75) is 25.9 Å². The van der Waals surface area contributed by atoms with Crippen LogP contribution in [0.15, 0.2) is 60.7 Å². The second-order valence-corrected chi connectivity index (χ2v) is 6.69. The molecule has 0 saturated carbocycles. The molecular weight excluding hydrogens is 287 g/mol. The highest BCUT2D eigenvalue weighted by atomic mass is 31.2. The smallest absolute Gasteiger partial charge is 0.404 e. The molecule has 2 aromatic rings. The minimum absolute atomic E-state index is 0.304. The van der Waals surface area contributed by atoms with Crippen LogP contribution in [0.1, 0.15) is 19.4 Å². The molecule has 0 aliphatic heterocycles. The predicted molar refractivity (Wildman–Crippen MR) is 82.2 cm³/mol. The van der Waals surface area contributed by atoms with E-state index < -0.39 is 13.4 Å². The Labute approximate surface area is 125 Å². The lowest BCUT2D eigenvalue weighted by atomic mass is 9.99. The van der Waals surface area contributed by atoms with Gasteiger partial charge in [-0.2, -0.15) is 0 Å². The Morgan fingerprint density at radius 1 is 1.00 bits per heavy atom. The number of benzene rings is 2. The fourth-order valence-electron chi connectivity index (χ4n) is 2.07. The molecule has 0 bridgehead atoms. The van der Waals surface area contributed by atoms with Crippen LogP contribution in [-0.2, 0) is 15.5 Å². The Morgan fingerprint density at radius 2 is 1.52 bits per heavy atom. The third kappa shape index (κ3) is 5.35. The fraction of sp³-hybridized carbons (Fsp3) is 0.250. The van der Waals surface area contributed by atoms with Crippen molar-refractivity contribution in [3.63, 3.8) is 0 Å². The molecule has 2 rings (SSSR count). The third-order valence-corrected chi connectivity index (χ3v) is 3.97. The van der Waals surface area contributed by atoms with Crippen LogP contribution in [0.4, 0.5) is 0 Å².